The molecule has 0 fully saturated rings. The zero-order chi connectivity index (χ0) is 24.5. The fourth-order valence-corrected chi connectivity index (χ4v) is 5.30. The summed E-state index contributed by atoms with van der Waals surface area (Å²) < 4.78 is 28.3. The van der Waals surface area contributed by atoms with Crippen molar-refractivity contribution in [3.05, 3.63) is 95.8 Å². The predicted molar refractivity (Wildman–Crippen MR) is 137 cm³/mol. The number of fused-ring (bicyclic) bond motifs is 1. The Morgan fingerprint density at radius 3 is 2.34 bits per heavy atom. The number of nitrogens with zero attached hydrogens (tertiary/aromatic N) is 4. The molecule has 0 atom stereocenters. The highest BCUT2D eigenvalue weighted by molar-refractivity contribution is 7.99. The van der Waals surface area contributed by atoms with Gasteiger partial charge in [0.2, 0.25) is 0 Å². The molecule has 0 radical (unpaired) electrons. The number of halogens is 2. The van der Waals surface area contributed by atoms with Gasteiger partial charge >= 0.3 is 0 Å². The number of anilines is 2. The zero-order valence-corrected chi connectivity index (χ0v) is 20.5. The second-order valence-corrected chi connectivity index (χ2v) is 9.94. The van der Waals surface area contributed by atoms with Crippen LogP contribution in [0.25, 0.3) is 15.9 Å². The molecule has 0 spiro atoms. The van der Waals surface area contributed by atoms with Gasteiger partial charge in [0.15, 0.2) is 5.13 Å². The van der Waals surface area contributed by atoms with E-state index < -0.39 is 5.76 Å². The molecular weight excluding hydrogens is 486 g/mol. The van der Waals surface area contributed by atoms with Crippen molar-refractivity contribution in [2.75, 3.05) is 4.90 Å². The smallest absolute Gasteiger partial charge is 0.268 e. The highest BCUT2D eigenvalue weighted by Gasteiger charge is 2.24. The van der Waals surface area contributed by atoms with Crippen LogP contribution in [0, 0.1) is 13.8 Å². The van der Waals surface area contributed by atoms with Crippen molar-refractivity contribution in [3.63, 3.8) is 0 Å². The van der Waals surface area contributed by atoms with Crippen LogP contribution in [-0.4, -0.2) is 26.4 Å². The lowest BCUT2D eigenvalue weighted by Crippen LogP contribution is -2.25. The van der Waals surface area contributed by atoms with Crippen LogP contribution in [-0.2, 0) is 0 Å². The first-order chi connectivity index (χ1) is 16.9. The van der Waals surface area contributed by atoms with Gasteiger partial charge in [0, 0.05) is 16.2 Å². The Morgan fingerprint density at radius 1 is 1.00 bits per heavy atom. The van der Waals surface area contributed by atoms with Gasteiger partial charge in [-0.2, -0.15) is 13.9 Å². The van der Waals surface area contributed by atoms with Gasteiger partial charge in [-0.05, 0) is 80.6 Å². The van der Waals surface area contributed by atoms with E-state index in [4.69, 9.17) is 0 Å². The summed E-state index contributed by atoms with van der Waals surface area (Å²) in [6.45, 7) is 3.91. The molecule has 5 nitrogen and oxygen atoms in total. The van der Waals surface area contributed by atoms with Crippen LogP contribution in [0.4, 0.5) is 19.6 Å². The van der Waals surface area contributed by atoms with E-state index in [1.807, 2.05) is 61.0 Å². The van der Waals surface area contributed by atoms with E-state index in [0.717, 1.165) is 27.3 Å². The largest absolute Gasteiger partial charge is 0.288 e. The first-order valence-corrected chi connectivity index (χ1v) is 12.5. The number of aromatic nitrogens is 3. The normalized spacial score (nSPS) is 11.3. The Morgan fingerprint density at radius 2 is 1.71 bits per heavy atom. The van der Waals surface area contributed by atoms with Gasteiger partial charge in [0.1, 0.15) is 0 Å². The molecule has 35 heavy (non-hydrogen) atoms. The SMILES string of the molecule is Cc1cc(C)n(-c2ccc(C(=O)N(c3ccc(SC(F)F)cc3)c3nc4ccccc4s3)cc2)n1. The first kappa shape index (κ1) is 23.2. The Balaban J connectivity index is 1.53. The van der Waals surface area contributed by atoms with E-state index in [0.29, 0.717) is 33.0 Å². The van der Waals surface area contributed by atoms with Gasteiger partial charge in [-0.1, -0.05) is 35.2 Å². The summed E-state index contributed by atoms with van der Waals surface area (Å²) in [6, 6.07) is 23.4. The minimum atomic E-state index is -2.51. The molecule has 2 heterocycles. The van der Waals surface area contributed by atoms with Crippen molar-refractivity contribution in [3.8, 4) is 5.69 Å². The number of amides is 1. The van der Waals surface area contributed by atoms with Gasteiger partial charge in [-0.3, -0.25) is 9.69 Å². The standard InChI is InChI=1S/C26H20F2N4OS2/c1-16-15-17(2)32(30-16)20-9-7-18(8-10-20)24(33)31(19-11-13-21(14-12-19)34-25(27)28)26-29-22-5-3-4-6-23(22)35-26/h3-15,25H,1-2H3. The summed E-state index contributed by atoms with van der Waals surface area (Å²) in [5.74, 6) is -2.78. The number of rotatable bonds is 6. The molecule has 1 amide bonds. The lowest BCUT2D eigenvalue weighted by atomic mass is 10.1. The number of carbonyl (C=O) groups excluding carboxylic acids is 1. The van der Waals surface area contributed by atoms with Gasteiger partial charge < -0.3 is 0 Å². The topological polar surface area (TPSA) is 51.0 Å². The zero-order valence-electron chi connectivity index (χ0n) is 18.9. The minimum absolute atomic E-state index is 0.266. The summed E-state index contributed by atoms with van der Waals surface area (Å²) in [6.07, 6.45) is 0. The summed E-state index contributed by atoms with van der Waals surface area (Å²) in [5.41, 5.74) is 4.58. The highest BCUT2D eigenvalue weighted by atomic mass is 32.2. The molecule has 176 valence electrons. The van der Waals surface area contributed by atoms with Crippen molar-refractivity contribution in [2.24, 2.45) is 0 Å². The molecule has 0 N–H and O–H groups in total. The number of thioether (sulfide) groups is 1. The molecule has 5 rings (SSSR count). The van der Waals surface area contributed by atoms with Crippen LogP contribution < -0.4 is 4.90 Å². The molecule has 0 aliphatic rings. The second-order valence-electron chi connectivity index (χ2n) is 7.86. The van der Waals surface area contributed by atoms with Crippen molar-refractivity contribution in [1.29, 1.82) is 0 Å². The van der Waals surface area contributed by atoms with E-state index in [1.54, 1.807) is 36.4 Å². The number of carbonyl (C=O) groups is 1. The summed E-state index contributed by atoms with van der Waals surface area (Å²) >= 11 is 1.86. The minimum Gasteiger partial charge on any atom is -0.268 e. The average molecular weight is 507 g/mol. The maximum atomic E-state index is 13.7. The molecule has 3 aromatic carbocycles. The van der Waals surface area contributed by atoms with Crippen LogP contribution in [0.1, 0.15) is 21.7 Å². The number of hydrogen-bond acceptors (Lipinski definition) is 5. The first-order valence-electron chi connectivity index (χ1n) is 10.8. The monoisotopic (exact) mass is 506 g/mol. The number of aryl methyl sites for hydroxylation is 2. The van der Waals surface area contributed by atoms with Crippen LogP contribution in [0.3, 0.4) is 0 Å². The predicted octanol–water partition coefficient (Wildman–Crippen LogP) is 7.39. The number of thiazole rings is 1. The third kappa shape index (κ3) is 4.82. The highest BCUT2D eigenvalue weighted by Crippen LogP contribution is 2.36. The summed E-state index contributed by atoms with van der Waals surface area (Å²) in [7, 11) is 0. The molecule has 0 aliphatic carbocycles. The fourth-order valence-electron chi connectivity index (χ4n) is 3.81. The number of para-hydroxylation sites is 1. The third-order valence-electron chi connectivity index (χ3n) is 5.37. The van der Waals surface area contributed by atoms with Crippen molar-refractivity contribution >= 4 is 50.0 Å². The molecule has 0 saturated heterocycles. The van der Waals surface area contributed by atoms with E-state index in [-0.39, 0.29) is 5.91 Å². The maximum absolute atomic E-state index is 13.7. The van der Waals surface area contributed by atoms with Crippen LogP contribution in [0.2, 0.25) is 0 Å². The number of hydrogen-bond donors (Lipinski definition) is 0. The molecule has 0 saturated carbocycles. The van der Waals surface area contributed by atoms with Gasteiger partial charge in [-0.15, -0.1) is 0 Å². The number of benzene rings is 3. The van der Waals surface area contributed by atoms with Crippen LogP contribution in [0.15, 0.2) is 83.8 Å². The Kier molecular flexibility index (Phi) is 6.36. The van der Waals surface area contributed by atoms with Crippen molar-refractivity contribution in [2.45, 2.75) is 24.5 Å². The molecule has 5 aromatic rings. The van der Waals surface area contributed by atoms with Crippen molar-refractivity contribution < 1.29 is 13.6 Å². The number of alkyl halides is 2. The van der Waals surface area contributed by atoms with Gasteiger partial charge in [0.05, 0.1) is 27.3 Å². The molecule has 2 aromatic heterocycles. The Bertz CT molecular complexity index is 1460. The third-order valence-corrected chi connectivity index (χ3v) is 7.11. The Labute approximate surface area is 209 Å². The lowest BCUT2D eigenvalue weighted by Gasteiger charge is -2.20. The Hall–Kier alpha value is -3.56. The maximum Gasteiger partial charge on any atom is 0.288 e. The molecule has 9 heteroatoms. The molecule has 0 bridgehead atoms. The van der Waals surface area contributed by atoms with E-state index in [9.17, 15) is 13.6 Å². The molecular formula is C26H20F2N4OS2. The lowest BCUT2D eigenvalue weighted by molar-refractivity contribution is 0.0999. The second kappa shape index (κ2) is 9.59. The van der Waals surface area contributed by atoms with Crippen molar-refractivity contribution in [1.82, 2.24) is 14.8 Å². The summed E-state index contributed by atoms with van der Waals surface area (Å²) in [5, 5.41) is 5.00. The van der Waals surface area contributed by atoms with E-state index in [1.165, 1.54) is 16.2 Å². The fraction of sp³-hybridized carbons (Fsp3) is 0.115. The van der Waals surface area contributed by atoms with Gasteiger partial charge in [-0.25, -0.2) is 9.67 Å². The average Bonchev–Trinajstić information content (AvgIpc) is 3.42. The van der Waals surface area contributed by atoms with E-state index in [2.05, 4.69) is 10.1 Å². The quantitative estimate of drug-likeness (QED) is 0.225. The van der Waals surface area contributed by atoms with Crippen LogP contribution in [0.5, 0.6) is 0 Å². The molecule has 0 unspecified atom stereocenters. The van der Waals surface area contributed by atoms with Crippen LogP contribution >= 0.6 is 23.1 Å². The molecule has 0 aliphatic heterocycles. The summed E-state index contributed by atoms with van der Waals surface area (Å²) in [4.78, 5) is 20.4. The van der Waals surface area contributed by atoms with Gasteiger partial charge in [0.25, 0.3) is 11.7 Å². The van der Waals surface area contributed by atoms with E-state index >= 15 is 0 Å².